The van der Waals surface area contributed by atoms with Crippen molar-refractivity contribution in [1.29, 1.82) is 0 Å². The van der Waals surface area contributed by atoms with Crippen molar-refractivity contribution in [2.45, 2.75) is 209 Å². The molecule has 4 aromatic carbocycles. The molecule has 13 rings (SSSR count). The zero-order valence-corrected chi connectivity index (χ0v) is 44.5. The van der Waals surface area contributed by atoms with Crippen LogP contribution in [0.5, 0.6) is 34.5 Å². The zero-order valence-electron chi connectivity index (χ0n) is 44.5. The van der Waals surface area contributed by atoms with Gasteiger partial charge in [0.05, 0.1) is 0 Å². The summed E-state index contributed by atoms with van der Waals surface area (Å²) in [5.41, 5.74) is -2.15. The van der Waals surface area contributed by atoms with E-state index in [9.17, 15) is 14.4 Å². The van der Waals surface area contributed by atoms with Gasteiger partial charge in [0.1, 0.15) is 16.6 Å². The van der Waals surface area contributed by atoms with Crippen molar-refractivity contribution in [3.8, 4) is 34.5 Å². The van der Waals surface area contributed by atoms with E-state index in [2.05, 4.69) is 89.1 Å². The van der Waals surface area contributed by atoms with E-state index in [1.54, 1.807) is 0 Å². The number of benzene rings is 4. The third kappa shape index (κ3) is 7.40. The maximum absolute atomic E-state index is 13.7. The van der Waals surface area contributed by atoms with Crippen LogP contribution in [0.3, 0.4) is 0 Å². The lowest BCUT2D eigenvalue weighted by molar-refractivity contribution is -0.222. The Labute approximate surface area is 440 Å². The van der Waals surface area contributed by atoms with Gasteiger partial charge in [-0.1, -0.05) is 78.6 Å². The van der Waals surface area contributed by atoms with Crippen molar-refractivity contribution in [3.05, 3.63) is 36.4 Å². The summed E-state index contributed by atoms with van der Waals surface area (Å²) in [6.07, 6.45) is 21.9. The summed E-state index contributed by atoms with van der Waals surface area (Å²) in [6.45, 7) is 8.21. The van der Waals surface area contributed by atoms with E-state index >= 15 is 0 Å². The Balaban J connectivity index is 0.951. The molecular formula is C60H78N6O9. The molecule has 15 heteroatoms. The van der Waals surface area contributed by atoms with E-state index in [4.69, 9.17) is 28.4 Å². The molecule has 3 aliphatic heterocycles. The monoisotopic (exact) mass is 1030 g/mol. The summed E-state index contributed by atoms with van der Waals surface area (Å²) < 4.78 is 44.0. The van der Waals surface area contributed by atoms with Gasteiger partial charge in [0.25, 0.3) is 17.4 Å². The number of amides is 6. The first-order valence-electron chi connectivity index (χ1n) is 29.4. The highest BCUT2D eigenvalue weighted by Crippen LogP contribution is 2.63. The summed E-state index contributed by atoms with van der Waals surface area (Å²) in [6, 6.07) is 12.3. The van der Waals surface area contributed by atoms with Gasteiger partial charge in [-0.15, -0.1) is 0 Å². The first-order chi connectivity index (χ1) is 36.5. The van der Waals surface area contributed by atoms with E-state index in [1.807, 2.05) is 0 Å². The second-order valence-corrected chi connectivity index (χ2v) is 24.0. The van der Waals surface area contributed by atoms with E-state index in [1.165, 1.54) is 0 Å². The number of urea groups is 3. The van der Waals surface area contributed by atoms with Crippen molar-refractivity contribution >= 4 is 50.4 Å². The molecule has 402 valence electrons. The van der Waals surface area contributed by atoms with Crippen LogP contribution in [0.15, 0.2) is 36.4 Å². The Morgan fingerprint density at radius 2 is 0.600 bits per heavy atom. The first kappa shape index (κ1) is 48.9. The molecule has 6 saturated carbocycles. The molecule has 4 aromatic rings. The summed E-state index contributed by atoms with van der Waals surface area (Å²) >= 11 is 0. The number of carbonyl (C=O) groups is 3. The quantitative estimate of drug-likeness (QED) is 0.0595. The molecule has 6 N–H and O–H groups in total. The van der Waals surface area contributed by atoms with Crippen molar-refractivity contribution in [1.82, 2.24) is 31.9 Å². The van der Waals surface area contributed by atoms with E-state index in [0.717, 1.165) is 186 Å². The third-order valence-electron chi connectivity index (χ3n) is 19.7. The predicted octanol–water partition coefficient (Wildman–Crippen LogP) is 12.0. The smallest absolute Gasteiger partial charge is 0.315 e. The molecule has 6 fully saturated rings. The lowest BCUT2D eigenvalue weighted by Crippen LogP contribution is -2.75. The Morgan fingerprint density at radius 3 is 0.800 bits per heavy atom. The van der Waals surface area contributed by atoms with E-state index < -0.39 is 34.0 Å². The van der Waals surface area contributed by atoms with Crippen LogP contribution in [0.2, 0.25) is 0 Å². The predicted molar refractivity (Wildman–Crippen MR) is 287 cm³/mol. The summed E-state index contributed by atoms with van der Waals surface area (Å²) in [7, 11) is 0. The Morgan fingerprint density at radius 1 is 0.387 bits per heavy atom. The average molecular weight is 1030 g/mol. The second kappa shape index (κ2) is 18.5. The lowest BCUT2D eigenvalue weighted by Gasteiger charge is -2.56. The van der Waals surface area contributed by atoms with Crippen molar-refractivity contribution in [2.24, 2.45) is 17.8 Å². The number of carbonyl (C=O) groups excluding carboxylic acids is 3. The normalized spacial score (nSPS) is 33.2. The van der Waals surface area contributed by atoms with E-state index in [0.29, 0.717) is 54.1 Å². The summed E-state index contributed by atoms with van der Waals surface area (Å²) in [4.78, 5) is 41.2. The van der Waals surface area contributed by atoms with Gasteiger partial charge in [-0.2, -0.15) is 0 Å². The zero-order chi connectivity index (χ0) is 51.2. The topological polar surface area (TPSA) is 179 Å². The first-order valence-corrected chi connectivity index (χ1v) is 29.4. The van der Waals surface area contributed by atoms with Crippen LogP contribution < -0.4 is 60.3 Å². The molecule has 0 aromatic heterocycles. The Bertz CT molecular complexity index is 2470. The minimum absolute atomic E-state index is 0.0872. The molecule has 0 atom stereocenters. The molecule has 3 heterocycles. The standard InChI is InChI=1S/C60H78N6O9/c1-4-7-28-61-52(67)64-55-22-10-16-37(17-11-23-55)58(55)70-46-31-40-41(32-47(46)71-58)43-34-49-51(75-60(73-49)39-20-14-26-57(60,27-15-21-39)66-54(69)63-30-9-6-3)36-45(43)44-35-50-48(33-42(40)44)72-59(74-50)38-18-12-24-56(59,25-13-19-38)65-53(68)62-29-8-5-2/h31-39H,4-30H2,1-3H3,(H2,61,64,67)(H2,62,65,68)(H2,63,66,69). The highest BCUT2D eigenvalue weighted by molar-refractivity contribution is 6.27. The van der Waals surface area contributed by atoms with Crippen LogP contribution in [0.25, 0.3) is 32.3 Å². The minimum atomic E-state index is -1.07. The molecule has 9 aliphatic rings. The van der Waals surface area contributed by atoms with Crippen molar-refractivity contribution < 1.29 is 42.8 Å². The number of hydrogen-bond donors (Lipinski definition) is 6. The molecule has 15 nitrogen and oxygen atoms in total. The molecule has 6 aliphatic carbocycles. The number of rotatable bonds is 12. The molecule has 0 radical (unpaired) electrons. The van der Waals surface area contributed by atoms with Gasteiger partial charge < -0.3 is 60.3 Å². The van der Waals surface area contributed by atoms with Crippen LogP contribution in [0, 0.1) is 17.8 Å². The molecule has 3 spiro atoms. The third-order valence-corrected chi connectivity index (χ3v) is 19.7. The van der Waals surface area contributed by atoms with Crippen LogP contribution in [-0.4, -0.2) is 71.7 Å². The van der Waals surface area contributed by atoms with Gasteiger partial charge in [-0.25, -0.2) is 14.4 Å². The van der Waals surface area contributed by atoms with Gasteiger partial charge >= 0.3 is 18.1 Å². The van der Waals surface area contributed by atoms with Crippen LogP contribution >= 0.6 is 0 Å². The van der Waals surface area contributed by atoms with E-state index in [-0.39, 0.29) is 35.8 Å². The Kier molecular flexibility index (Phi) is 12.0. The maximum atomic E-state index is 13.7. The van der Waals surface area contributed by atoms with Crippen LogP contribution in [0.4, 0.5) is 14.4 Å². The number of ether oxygens (including phenoxy) is 6. The van der Waals surface area contributed by atoms with Gasteiger partial charge in [-0.05, 0) is 165 Å². The molecular weight excluding hydrogens is 949 g/mol. The summed E-state index contributed by atoms with van der Waals surface area (Å²) in [5, 5.41) is 25.5. The molecule has 6 bridgehead atoms. The lowest BCUT2D eigenvalue weighted by atomic mass is 9.62. The average Bonchev–Trinajstić information content (AvgIpc) is 4.06. The highest BCUT2D eigenvalue weighted by Gasteiger charge is 2.70. The van der Waals surface area contributed by atoms with Crippen molar-refractivity contribution in [3.63, 3.8) is 0 Å². The van der Waals surface area contributed by atoms with Crippen LogP contribution in [0.1, 0.15) is 175 Å². The SMILES string of the molecule is CCCCNC(=O)NC12CCCC(CCC1)C21Oc2cc3c4cc5c(cc4c4cc6c(cc4c3cc2O1)OC1(O6)C2CCCC1(NC(=O)NCCCC)CCC2)OC1(O5)C2CCCC1(NC(=O)NCCCC)CCC2. The van der Waals surface area contributed by atoms with Crippen molar-refractivity contribution in [2.75, 3.05) is 19.6 Å². The maximum Gasteiger partial charge on any atom is 0.315 e. The molecule has 75 heavy (non-hydrogen) atoms. The number of nitrogens with one attached hydrogen (secondary N) is 6. The Hall–Kier alpha value is -5.73. The minimum Gasteiger partial charge on any atom is -0.446 e. The fraction of sp³-hybridized carbons (Fsp3) is 0.650. The van der Waals surface area contributed by atoms with Gasteiger partial charge in [0.2, 0.25) is 0 Å². The van der Waals surface area contributed by atoms with Gasteiger partial charge in [-0.3, -0.25) is 0 Å². The molecule has 6 amide bonds. The molecule has 0 unspecified atom stereocenters. The fourth-order valence-corrected chi connectivity index (χ4v) is 16.2. The van der Waals surface area contributed by atoms with Crippen LogP contribution in [-0.2, 0) is 0 Å². The number of hydrogen-bond acceptors (Lipinski definition) is 9. The fourth-order valence-electron chi connectivity index (χ4n) is 16.2. The van der Waals surface area contributed by atoms with Gasteiger partial charge in [0, 0.05) is 37.4 Å². The number of unbranched alkanes of at least 4 members (excludes halogenated alkanes) is 3. The highest BCUT2D eigenvalue weighted by atomic mass is 16.8. The largest absolute Gasteiger partial charge is 0.446 e. The summed E-state index contributed by atoms with van der Waals surface area (Å²) in [5.74, 6) is 0.978. The van der Waals surface area contributed by atoms with Gasteiger partial charge in [0.15, 0.2) is 34.5 Å². The number of fused-ring (bicyclic) bond motifs is 9. The second-order valence-electron chi connectivity index (χ2n) is 24.0. The molecule has 0 saturated heterocycles.